The number of rotatable bonds is 3. The van der Waals surface area contributed by atoms with Gasteiger partial charge in [0.05, 0.1) is 6.20 Å². The van der Waals surface area contributed by atoms with Crippen LogP contribution < -0.4 is 4.74 Å². The van der Waals surface area contributed by atoms with E-state index in [0.29, 0.717) is 5.88 Å². The van der Waals surface area contributed by atoms with E-state index < -0.39 is 0 Å². The summed E-state index contributed by atoms with van der Waals surface area (Å²) in [6.45, 7) is 0.284. The smallest absolute Gasteiger partial charge is 0.255 e. The first-order valence-electron chi connectivity index (χ1n) is 3.28. The molecule has 7 heteroatoms. The molecule has 2 heterocycles. The van der Waals surface area contributed by atoms with Gasteiger partial charge in [-0.15, -0.1) is 10.2 Å². The van der Waals surface area contributed by atoms with Gasteiger partial charge in [-0.3, -0.25) is 0 Å². The number of nitrogens with one attached hydrogen (secondary N) is 1. The zero-order valence-electron chi connectivity index (χ0n) is 6.08. The van der Waals surface area contributed by atoms with Crippen molar-refractivity contribution in [3.63, 3.8) is 0 Å². The summed E-state index contributed by atoms with van der Waals surface area (Å²) < 4.78 is 6.68. The molecule has 0 saturated heterocycles. The average Bonchev–Trinajstić information content (AvgIpc) is 2.74. The largest absolute Gasteiger partial charge is 0.452 e. The van der Waals surface area contributed by atoms with Crippen molar-refractivity contribution in [1.82, 2.24) is 30.4 Å². The first-order valence-corrected chi connectivity index (χ1v) is 3.28. The van der Waals surface area contributed by atoms with E-state index in [1.807, 2.05) is 0 Å². The summed E-state index contributed by atoms with van der Waals surface area (Å²) in [5.41, 5.74) is 0. The van der Waals surface area contributed by atoms with Crippen LogP contribution in [0.15, 0.2) is 18.6 Å². The van der Waals surface area contributed by atoms with Crippen LogP contribution in [0.5, 0.6) is 5.88 Å². The monoisotopic (exact) mass is 166 g/mol. The van der Waals surface area contributed by atoms with E-state index in [4.69, 9.17) is 4.74 Å². The number of hydrogen-bond donors (Lipinski definition) is 1. The summed E-state index contributed by atoms with van der Waals surface area (Å²) in [4.78, 5) is 0. The lowest BCUT2D eigenvalue weighted by Crippen LogP contribution is -2.05. The minimum absolute atomic E-state index is 0.284. The maximum Gasteiger partial charge on any atom is 0.255 e. The predicted molar refractivity (Wildman–Crippen MR) is 37.0 cm³/mol. The van der Waals surface area contributed by atoms with Crippen LogP contribution in [0, 0.1) is 0 Å². The Hall–Kier alpha value is -1.92. The molecular weight excluding hydrogens is 160 g/mol. The molecule has 0 atom stereocenters. The molecule has 2 aromatic heterocycles. The Morgan fingerprint density at radius 1 is 1.58 bits per heavy atom. The van der Waals surface area contributed by atoms with E-state index in [1.54, 1.807) is 12.4 Å². The zero-order valence-corrected chi connectivity index (χ0v) is 6.08. The topological polar surface area (TPSA) is 81.5 Å². The van der Waals surface area contributed by atoms with Crippen LogP contribution in [0.25, 0.3) is 0 Å². The molecule has 1 N–H and O–H groups in total. The fourth-order valence-corrected chi connectivity index (χ4v) is 0.694. The number of hydrogen-bond acceptors (Lipinski definition) is 5. The Balaban J connectivity index is 1.91. The molecule has 2 aromatic rings. The molecule has 0 unspecified atom stereocenters. The first kappa shape index (κ1) is 6.77. The summed E-state index contributed by atoms with van der Waals surface area (Å²) in [5.74, 6) is 0.436. The Kier molecular flexibility index (Phi) is 1.69. The molecule has 0 bridgehead atoms. The number of nitrogens with zero attached hydrogens (tertiary/aromatic N) is 5. The maximum absolute atomic E-state index is 5.15. The van der Waals surface area contributed by atoms with Gasteiger partial charge in [-0.2, -0.15) is 10.3 Å². The minimum atomic E-state index is 0.284. The third-order valence-electron chi connectivity index (χ3n) is 1.21. The molecule has 0 aliphatic rings. The van der Waals surface area contributed by atoms with E-state index in [0.717, 1.165) is 0 Å². The van der Waals surface area contributed by atoms with Crippen molar-refractivity contribution in [3.05, 3.63) is 18.6 Å². The van der Waals surface area contributed by atoms with Gasteiger partial charge in [-0.1, -0.05) is 5.21 Å². The summed E-state index contributed by atoms with van der Waals surface area (Å²) >= 11 is 0. The van der Waals surface area contributed by atoms with Crippen LogP contribution in [0.4, 0.5) is 0 Å². The second-order valence-corrected chi connectivity index (χ2v) is 2.02. The molecule has 0 saturated carbocycles. The van der Waals surface area contributed by atoms with Crippen LogP contribution in [-0.4, -0.2) is 30.4 Å². The van der Waals surface area contributed by atoms with Gasteiger partial charge in [0.15, 0.2) is 6.73 Å². The van der Waals surface area contributed by atoms with Crippen molar-refractivity contribution in [2.45, 2.75) is 6.73 Å². The van der Waals surface area contributed by atoms with Gasteiger partial charge in [-0.25, -0.2) is 4.68 Å². The number of aromatic amines is 1. The van der Waals surface area contributed by atoms with Crippen LogP contribution in [0.3, 0.4) is 0 Å². The second kappa shape index (κ2) is 2.99. The van der Waals surface area contributed by atoms with Crippen LogP contribution in [-0.2, 0) is 6.73 Å². The van der Waals surface area contributed by atoms with E-state index in [-0.39, 0.29) is 6.73 Å². The van der Waals surface area contributed by atoms with Gasteiger partial charge in [0.2, 0.25) is 0 Å². The lowest BCUT2D eigenvalue weighted by molar-refractivity contribution is 0.209. The maximum atomic E-state index is 5.15. The summed E-state index contributed by atoms with van der Waals surface area (Å²) in [6, 6.07) is 0. The van der Waals surface area contributed by atoms with Crippen molar-refractivity contribution >= 4 is 0 Å². The fourth-order valence-electron chi connectivity index (χ4n) is 0.694. The van der Waals surface area contributed by atoms with E-state index >= 15 is 0 Å². The van der Waals surface area contributed by atoms with Gasteiger partial charge in [0.25, 0.3) is 5.88 Å². The van der Waals surface area contributed by atoms with Crippen LogP contribution in [0.2, 0.25) is 0 Å². The Labute approximate surface area is 67.3 Å². The predicted octanol–water partition coefficient (Wildman–Crippen LogP) is -0.567. The number of H-pyrrole nitrogens is 1. The average molecular weight is 166 g/mol. The van der Waals surface area contributed by atoms with Crippen LogP contribution in [0.1, 0.15) is 0 Å². The molecule has 0 radical (unpaired) electrons. The SMILES string of the molecule is c1cn(COc2cn[nH]n2)nn1. The van der Waals surface area contributed by atoms with Crippen molar-refractivity contribution in [1.29, 1.82) is 0 Å². The number of ether oxygens (including phenoxy) is 1. The Morgan fingerprint density at radius 2 is 2.58 bits per heavy atom. The third-order valence-corrected chi connectivity index (χ3v) is 1.21. The highest BCUT2D eigenvalue weighted by atomic mass is 16.5. The molecule has 12 heavy (non-hydrogen) atoms. The lowest BCUT2D eigenvalue weighted by Gasteiger charge is -1.99. The normalized spacial score (nSPS) is 10.0. The molecular formula is C5H6N6O. The van der Waals surface area contributed by atoms with Crippen molar-refractivity contribution in [2.75, 3.05) is 0 Å². The van der Waals surface area contributed by atoms with E-state index in [9.17, 15) is 0 Å². The number of aromatic nitrogens is 6. The van der Waals surface area contributed by atoms with Crippen molar-refractivity contribution < 1.29 is 4.74 Å². The molecule has 0 amide bonds. The Bertz CT molecular complexity index is 279. The molecule has 0 spiro atoms. The second-order valence-electron chi connectivity index (χ2n) is 2.02. The molecule has 0 aromatic carbocycles. The standard InChI is InChI=1S/C5H6N6O/c1-2-11(10-6-1)4-12-5-3-7-9-8-5/h1-3H,4H2,(H,7,8,9). The highest BCUT2D eigenvalue weighted by Crippen LogP contribution is 1.99. The third kappa shape index (κ3) is 1.39. The molecule has 0 fully saturated rings. The minimum Gasteiger partial charge on any atom is -0.452 e. The summed E-state index contributed by atoms with van der Waals surface area (Å²) in [5, 5.41) is 17.0. The lowest BCUT2D eigenvalue weighted by atomic mass is 10.8. The molecule has 0 aliphatic carbocycles. The van der Waals surface area contributed by atoms with Gasteiger partial charge >= 0.3 is 0 Å². The van der Waals surface area contributed by atoms with Gasteiger partial charge in [0, 0.05) is 6.20 Å². The highest BCUT2D eigenvalue weighted by molar-refractivity contribution is 4.96. The summed E-state index contributed by atoms with van der Waals surface area (Å²) in [7, 11) is 0. The highest BCUT2D eigenvalue weighted by Gasteiger charge is 1.95. The van der Waals surface area contributed by atoms with E-state index in [1.165, 1.54) is 10.9 Å². The zero-order chi connectivity index (χ0) is 8.23. The first-order chi connectivity index (χ1) is 5.95. The Morgan fingerprint density at radius 3 is 3.25 bits per heavy atom. The van der Waals surface area contributed by atoms with Crippen molar-refractivity contribution in [3.8, 4) is 5.88 Å². The van der Waals surface area contributed by atoms with Gasteiger partial charge in [0.1, 0.15) is 6.20 Å². The van der Waals surface area contributed by atoms with Crippen molar-refractivity contribution in [2.24, 2.45) is 0 Å². The molecule has 2 rings (SSSR count). The molecule has 7 nitrogen and oxygen atoms in total. The van der Waals surface area contributed by atoms with Gasteiger partial charge in [-0.05, 0) is 0 Å². The van der Waals surface area contributed by atoms with Gasteiger partial charge < -0.3 is 4.74 Å². The van der Waals surface area contributed by atoms with E-state index in [2.05, 4.69) is 25.7 Å². The fraction of sp³-hybridized carbons (Fsp3) is 0.200. The molecule has 62 valence electrons. The quantitative estimate of drug-likeness (QED) is 0.660. The molecule has 0 aliphatic heterocycles. The van der Waals surface area contributed by atoms with Crippen LogP contribution >= 0.6 is 0 Å². The summed E-state index contributed by atoms with van der Waals surface area (Å²) in [6.07, 6.45) is 4.75.